The SMILES string of the molecule is CC(C)(C(=O)Nc1ccc2c(c1)OCO2)C(=O)Nc1cccc2cccnc12. The van der Waals surface area contributed by atoms with E-state index in [1.807, 2.05) is 24.3 Å². The summed E-state index contributed by atoms with van der Waals surface area (Å²) in [6, 6.07) is 14.3. The van der Waals surface area contributed by atoms with Crippen LogP contribution in [0, 0.1) is 5.41 Å². The monoisotopic (exact) mass is 377 g/mol. The van der Waals surface area contributed by atoms with Gasteiger partial charge >= 0.3 is 0 Å². The minimum absolute atomic E-state index is 0.152. The Bertz CT molecular complexity index is 1070. The number of amides is 2. The third-order valence-electron chi connectivity index (χ3n) is 4.65. The van der Waals surface area contributed by atoms with Crippen LogP contribution in [0.1, 0.15) is 13.8 Å². The van der Waals surface area contributed by atoms with Crippen LogP contribution in [-0.2, 0) is 9.59 Å². The summed E-state index contributed by atoms with van der Waals surface area (Å²) in [5.41, 5.74) is 0.451. The number of aromatic nitrogens is 1. The molecule has 2 N–H and O–H groups in total. The van der Waals surface area contributed by atoms with Crippen molar-refractivity contribution < 1.29 is 19.1 Å². The Labute approximate surface area is 161 Å². The number of ether oxygens (including phenoxy) is 2. The number of carbonyl (C=O) groups is 2. The minimum Gasteiger partial charge on any atom is -0.454 e. The van der Waals surface area contributed by atoms with Crippen LogP contribution in [0.5, 0.6) is 11.5 Å². The Hall–Kier alpha value is -3.61. The molecule has 4 rings (SSSR count). The van der Waals surface area contributed by atoms with Crippen molar-refractivity contribution in [2.24, 2.45) is 5.41 Å². The van der Waals surface area contributed by atoms with Crippen molar-refractivity contribution in [3.63, 3.8) is 0 Å². The van der Waals surface area contributed by atoms with Crippen molar-refractivity contribution in [3.05, 3.63) is 54.7 Å². The maximum Gasteiger partial charge on any atom is 0.239 e. The molecule has 7 heteroatoms. The van der Waals surface area contributed by atoms with Gasteiger partial charge < -0.3 is 20.1 Å². The molecule has 0 unspecified atom stereocenters. The molecule has 142 valence electrons. The third kappa shape index (κ3) is 3.22. The van der Waals surface area contributed by atoms with Crippen LogP contribution in [0.4, 0.5) is 11.4 Å². The number of pyridine rings is 1. The highest BCUT2D eigenvalue weighted by Crippen LogP contribution is 2.35. The van der Waals surface area contributed by atoms with Crippen LogP contribution in [0.15, 0.2) is 54.7 Å². The molecule has 0 fully saturated rings. The Morgan fingerprint density at radius 3 is 2.57 bits per heavy atom. The number of fused-ring (bicyclic) bond motifs is 2. The van der Waals surface area contributed by atoms with E-state index in [9.17, 15) is 9.59 Å². The average molecular weight is 377 g/mol. The number of hydrogen-bond donors (Lipinski definition) is 2. The fourth-order valence-electron chi connectivity index (χ4n) is 2.85. The van der Waals surface area contributed by atoms with Crippen LogP contribution in [0.2, 0.25) is 0 Å². The number of anilines is 2. The first-order valence-electron chi connectivity index (χ1n) is 8.81. The van der Waals surface area contributed by atoms with Crippen molar-refractivity contribution in [3.8, 4) is 11.5 Å². The van der Waals surface area contributed by atoms with Gasteiger partial charge in [-0.25, -0.2) is 0 Å². The highest BCUT2D eigenvalue weighted by Gasteiger charge is 2.36. The van der Waals surface area contributed by atoms with Gasteiger partial charge in [0.2, 0.25) is 18.6 Å². The molecule has 1 aromatic heterocycles. The molecule has 2 amide bonds. The van der Waals surface area contributed by atoms with E-state index < -0.39 is 17.2 Å². The van der Waals surface area contributed by atoms with E-state index in [4.69, 9.17) is 9.47 Å². The predicted octanol–water partition coefficient (Wildman–Crippen LogP) is 3.57. The van der Waals surface area contributed by atoms with E-state index in [0.717, 1.165) is 5.39 Å². The molecule has 1 aliphatic rings. The zero-order valence-corrected chi connectivity index (χ0v) is 15.5. The maximum atomic E-state index is 12.9. The molecule has 0 spiro atoms. The number of rotatable bonds is 4. The van der Waals surface area contributed by atoms with Crippen LogP contribution in [0.3, 0.4) is 0 Å². The Morgan fingerprint density at radius 1 is 0.964 bits per heavy atom. The van der Waals surface area contributed by atoms with E-state index in [-0.39, 0.29) is 6.79 Å². The van der Waals surface area contributed by atoms with Crippen molar-refractivity contribution in [1.29, 1.82) is 0 Å². The highest BCUT2D eigenvalue weighted by atomic mass is 16.7. The molecule has 0 radical (unpaired) electrons. The molecular formula is C21H19N3O4. The molecule has 0 saturated carbocycles. The average Bonchev–Trinajstić information content (AvgIpc) is 3.16. The van der Waals surface area contributed by atoms with Crippen molar-refractivity contribution in [1.82, 2.24) is 4.98 Å². The lowest BCUT2D eigenvalue weighted by molar-refractivity contribution is -0.135. The molecule has 7 nitrogen and oxygen atoms in total. The van der Waals surface area contributed by atoms with Gasteiger partial charge in [-0.05, 0) is 38.1 Å². The normalized spacial score (nSPS) is 12.6. The molecule has 2 aromatic carbocycles. The lowest BCUT2D eigenvalue weighted by Gasteiger charge is -2.23. The first-order valence-corrected chi connectivity index (χ1v) is 8.81. The van der Waals surface area contributed by atoms with Gasteiger partial charge in [0.05, 0.1) is 11.2 Å². The van der Waals surface area contributed by atoms with E-state index in [2.05, 4.69) is 15.6 Å². The topological polar surface area (TPSA) is 89.5 Å². The molecule has 1 aliphatic heterocycles. The fraction of sp³-hybridized carbons (Fsp3) is 0.190. The van der Waals surface area contributed by atoms with Gasteiger partial charge in [0.1, 0.15) is 5.41 Å². The van der Waals surface area contributed by atoms with E-state index in [0.29, 0.717) is 28.4 Å². The summed E-state index contributed by atoms with van der Waals surface area (Å²) in [5, 5.41) is 6.50. The van der Waals surface area contributed by atoms with Crippen LogP contribution < -0.4 is 20.1 Å². The van der Waals surface area contributed by atoms with Gasteiger partial charge in [-0.1, -0.05) is 18.2 Å². The van der Waals surface area contributed by atoms with Crippen molar-refractivity contribution in [2.75, 3.05) is 17.4 Å². The molecular weight excluding hydrogens is 358 g/mol. The van der Waals surface area contributed by atoms with Crippen LogP contribution in [-0.4, -0.2) is 23.6 Å². The number of nitrogens with one attached hydrogen (secondary N) is 2. The second-order valence-electron chi connectivity index (χ2n) is 6.98. The standard InChI is InChI=1S/C21H19N3O4/c1-21(2,19(25)23-14-8-9-16-17(11-14)28-12-27-16)20(26)24-15-7-3-5-13-6-4-10-22-18(13)15/h3-11H,12H2,1-2H3,(H,23,25)(H,24,26). The van der Waals surface area contributed by atoms with Gasteiger partial charge in [0.15, 0.2) is 11.5 Å². The Kier molecular flexibility index (Phi) is 4.35. The zero-order chi connectivity index (χ0) is 19.7. The van der Waals surface area contributed by atoms with E-state index in [1.54, 1.807) is 44.3 Å². The molecule has 2 heterocycles. The molecule has 0 bridgehead atoms. The Balaban J connectivity index is 1.51. The number of hydrogen-bond acceptors (Lipinski definition) is 5. The number of nitrogens with zero attached hydrogens (tertiary/aromatic N) is 1. The van der Waals surface area contributed by atoms with Crippen molar-refractivity contribution in [2.45, 2.75) is 13.8 Å². The van der Waals surface area contributed by atoms with Crippen LogP contribution >= 0.6 is 0 Å². The Morgan fingerprint density at radius 2 is 1.71 bits per heavy atom. The minimum atomic E-state index is -1.31. The molecule has 28 heavy (non-hydrogen) atoms. The van der Waals surface area contributed by atoms with E-state index in [1.165, 1.54) is 0 Å². The van der Waals surface area contributed by atoms with Crippen molar-refractivity contribution >= 4 is 34.1 Å². The summed E-state index contributed by atoms with van der Waals surface area (Å²) in [4.78, 5) is 29.9. The lowest BCUT2D eigenvalue weighted by Crippen LogP contribution is -2.41. The van der Waals surface area contributed by atoms with Gasteiger partial charge in [-0.2, -0.15) is 0 Å². The smallest absolute Gasteiger partial charge is 0.239 e. The van der Waals surface area contributed by atoms with Gasteiger partial charge in [-0.15, -0.1) is 0 Å². The second kappa shape index (κ2) is 6.84. The predicted molar refractivity (Wildman–Crippen MR) is 105 cm³/mol. The van der Waals surface area contributed by atoms with Gasteiger partial charge in [-0.3, -0.25) is 14.6 Å². The third-order valence-corrected chi connectivity index (χ3v) is 4.65. The summed E-state index contributed by atoms with van der Waals surface area (Å²) in [5.74, 6) is 0.321. The summed E-state index contributed by atoms with van der Waals surface area (Å²) in [6.07, 6.45) is 1.66. The lowest BCUT2D eigenvalue weighted by atomic mass is 9.90. The first-order chi connectivity index (χ1) is 13.4. The summed E-state index contributed by atoms with van der Waals surface area (Å²) in [6.45, 7) is 3.30. The number of carbonyl (C=O) groups excluding carboxylic acids is 2. The fourth-order valence-corrected chi connectivity index (χ4v) is 2.85. The maximum absolute atomic E-state index is 12.9. The highest BCUT2D eigenvalue weighted by molar-refractivity contribution is 6.15. The van der Waals surface area contributed by atoms with Crippen LogP contribution in [0.25, 0.3) is 10.9 Å². The van der Waals surface area contributed by atoms with Gasteiger partial charge in [0.25, 0.3) is 0 Å². The zero-order valence-electron chi connectivity index (χ0n) is 15.5. The second-order valence-corrected chi connectivity index (χ2v) is 6.98. The summed E-state index contributed by atoms with van der Waals surface area (Å²) < 4.78 is 10.6. The molecule has 0 aliphatic carbocycles. The van der Waals surface area contributed by atoms with Gasteiger partial charge in [0, 0.05) is 23.3 Å². The molecule has 0 atom stereocenters. The summed E-state index contributed by atoms with van der Waals surface area (Å²) in [7, 11) is 0. The number of benzene rings is 2. The van der Waals surface area contributed by atoms with E-state index >= 15 is 0 Å². The number of para-hydroxylation sites is 1. The quantitative estimate of drug-likeness (QED) is 0.679. The largest absolute Gasteiger partial charge is 0.454 e. The summed E-state index contributed by atoms with van der Waals surface area (Å²) >= 11 is 0. The molecule has 3 aromatic rings. The first kappa shape index (κ1) is 17.8. The molecule has 0 saturated heterocycles.